The quantitative estimate of drug-likeness (QED) is 0.357. The Balaban J connectivity index is 1.60. The van der Waals surface area contributed by atoms with Crippen molar-refractivity contribution in [3.63, 3.8) is 0 Å². The molecule has 0 fully saturated rings. The zero-order chi connectivity index (χ0) is 21.8. The lowest BCUT2D eigenvalue weighted by atomic mass is 10.1. The van der Waals surface area contributed by atoms with Crippen LogP contribution in [0.5, 0.6) is 11.5 Å². The van der Waals surface area contributed by atoms with Crippen molar-refractivity contribution in [2.45, 2.75) is 20.5 Å². The van der Waals surface area contributed by atoms with Crippen LogP contribution in [0.15, 0.2) is 69.9 Å². The van der Waals surface area contributed by atoms with Crippen LogP contribution in [-0.2, 0) is 16.1 Å². The number of nitrogens with zero attached hydrogens (tertiary/aromatic N) is 1. The number of carbonyl (C=O) groups excluding carboxylic acids is 1. The van der Waals surface area contributed by atoms with Gasteiger partial charge < -0.3 is 18.6 Å². The zero-order valence-electron chi connectivity index (χ0n) is 17.1. The molecule has 0 N–H and O–H groups in total. The molecule has 0 spiro atoms. The molecular formula is C24H20ClNO5. The topological polar surface area (TPSA) is 70.3 Å². The Hall–Kier alpha value is -3.51. The van der Waals surface area contributed by atoms with E-state index in [0.29, 0.717) is 41.1 Å². The average molecular weight is 438 g/mol. The van der Waals surface area contributed by atoms with E-state index in [1.54, 1.807) is 30.3 Å². The van der Waals surface area contributed by atoms with Gasteiger partial charge in [-0.2, -0.15) is 0 Å². The molecule has 3 aromatic rings. The molecule has 1 aromatic heterocycles. The fourth-order valence-corrected chi connectivity index (χ4v) is 3.26. The smallest absolute Gasteiger partial charge is 0.363 e. The summed E-state index contributed by atoms with van der Waals surface area (Å²) in [5.41, 5.74) is 2.96. The lowest BCUT2D eigenvalue weighted by molar-refractivity contribution is -0.130. The number of aryl methyl sites for hydroxylation is 1. The summed E-state index contributed by atoms with van der Waals surface area (Å²) in [6, 6.07) is 14.9. The number of ether oxygens (including phenoxy) is 3. The van der Waals surface area contributed by atoms with Crippen molar-refractivity contribution in [2.75, 3.05) is 6.61 Å². The Kier molecular flexibility index (Phi) is 6.09. The molecule has 0 amide bonds. The van der Waals surface area contributed by atoms with Gasteiger partial charge in [-0.1, -0.05) is 41.4 Å². The van der Waals surface area contributed by atoms with Gasteiger partial charge in [0, 0.05) is 0 Å². The monoisotopic (exact) mass is 437 g/mol. The molecular weight excluding hydrogens is 418 g/mol. The van der Waals surface area contributed by atoms with E-state index < -0.39 is 5.97 Å². The minimum Gasteiger partial charge on any atom is -0.490 e. The maximum atomic E-state index is 12.2. The molecule has 2 aromatic carbocycles. The first kappa shape index (κ1) is 20.8. The highest BCUT2D eigenvalue weighted by atomic mass is 35.5. The number of furan rings is 1. The number of esters is 1. The van der Waals surface area contributed by atoms with Crippen LogP contribution in [0, 0.1) is 6.92 Å². The predicted molar refractivity (Wildman–Crippen MR) is 117 cm³/mol. The van der Waals surface area contributed by atoms with Gasteiger partial charge in [0.25, 0.3) is 5.90 Å². The van der Waals surface area contributed by atoms with Crippen LogP contribution in [-0.4, -0.2) is 18.5 Å². The lowest BCUT2D eigenvalue weighted by Gasteiger charge is -2.14. The molecule has 0 saturated carbocycles. The Morgan fingerprint density at radius 2 is 1.94 bits per heavy atom. The molecule has 7 heteroatoms. The summed E-state index contributed by atoms with van der Waals surface area (Å²) in [6.07, 6.45) is 3.06. The Bertz CT molecular complexity index is 1150. The van der Waals surface area contributed by atoms with Crippen molar-refractivity contribution < 1.29 is 23.4 Å². The summed E-state index contributed by atoms with van der Waals surface area (Å²) in [5.74, 6) is 0.857. The van der Waals surface area contributed by atoms with E-state index in [0.717, 1.165) is 5.56 Å². The third-order valence-corrected chi connectivity index (χ3v) is 4.77. The van der Waals surface area contributed by atoms with Gasteiger partial charge in [-0.05, 0) is 55.3 Å². The Morgan fingerprint density at radius 3 is 2.65 bits per heavy atom. The second kappa shape index (κ2) is 9.10. The Morgan fingerprint density at radius 1 is 1.13 bits per heavy atom. The highest BCUT2D eigenvalue weighted by Crippen LogP contribution is 2.38. The largest absolute Gasteiger partial charge is 0.490 e. The number of cyclic esters (lactones) is 1. The zero-order valence-corrected chi connectivity index (χ0v) is 17.8. The number of aliphatic imine (C=N–C) groups is 1. The van der Waals surface area contributed by atoms with E-state index in [2.05, 4.69) is 4.99 Å². The van der Waals surface area contributed by atoms with Crippen molar-refractivity contribution in [3.05, 3.63) is 88.0 Å². The molecule has 0 atom stereocenters. The summed E-state index contributed by atoms with van der Waals surface area (Å²) in [5, 5.41) is 0.367. The van der Waals surface area contributed by atoms with E-state index in [1.807, 2.05) is 38.1 Å². The summed E-state index contributed by atoms with van der Waals surface area (Å²) in [7, 11) is 0. The number of halogens is 1. The van der Waals surface area contributed by atoms with E-state index in [1.165, 1.54) is 11.8 Å². The van der Waals surface area contributed by atoms with E-state index in [-0.39, 0.29) is 11.6 Å². The van der Waals surface area contributed by atoms with Gasteiger partial charge in [0.05, 0.1) is 17.9 Å². The first-order valence-corrected chi connectivity index (χ1v) is 10.1. The molecule has 0 aliphatic carbocycles. The van der Waals surface area contributed by atoms with Crippen molar-refractivity contribution in [3.8, 4) is 11.5 Å². The third kappa shape index (κ3) is 4.81. The summed E-state index contributed by atoms with van der Waals surface area (Å²) >= 11 is 6.49. The molecule has 158 valence electrons. The van der Waals surface area contributed by atoms with Crippen molar-refractivity contribution in [1.82, 2.24) is 0 Å². The van der Waals surface area contributed by atoms with Crippen LogP contribution < -0.4 is 9.47 Å². The fraction of sp³-hybridized carbons (Fsp3) is 0.167. The molecule has 2 heterocycles. The standard InChI is InChI=1S/C24H20ClNO5/c1-3-28-21-13-17(12-19-24(27)31-23(26-19)20-5-4-10-29-20)11-18(25)22(21)30-14-16-8-6-15(2)7-9-16/h4-13H,3,14H2,1-2H3/b19-12-. The van der Waals surface area contributed by atoms with Crippen molar-refractivity contribution in [2.24, 2.45) is 4.99 Å². The number of carbonyl (C=O) groups is 1. The SMILES string of the molecule is CCOc1cc(/C=C2\N=C(c3ccco3)OC2=O)cc(Cl)c1OCc1ccc(C)cc1. The van der Waals surface area contributed by atoms with Crippen LogP contribution >= 0.6 is 11.6 Å². The van der Waals surface area contributed by atoms with Gasteiger partial charge >= 0.3 is 5.97 Å². The summed E-state index contributed by atoms with van der Waals surface area (Å²) in [6.45, 7) is 4.68. The molecule has 1 aliphatic heterocycles. The molecule has 0 radical (unpaired) electrons. The van der Waals surface area contributed by atoms with Crippen LogP contribution in [0.3, 0.4) is 0 Å². The minimum absolute atomic E-state index is 0.121. The number of benzene rings is 2. The molecule has 1 aliphatic rings. The van der Waals surface area contributed by atoms with Crippen LogP contribution in [0.1, 0.15) is 29.4 Å². The molecule has 0 bridgehead atoms. The molecule has 0 saturated heterocycles. The molecule has 0 unspecified atom stereocenters. The molecule has 6 nitrogen and oxygen atoms in total. The second-order valence-corrected chi connectivity index (χ2v) is 7.26. The Labute approximate surface area is 184 Å². The summed E-state index contributed by atoms with van der Waals surface area (Å²) < 4.78 is 22.1. The van der Waals surface area contributed by atoms with Gasteiger partial charge in [-0.3, -0.25) is 0 Å². The van der Waals surface area contributed by atoms with E-state index in [4.69, 9.17) is 30.2 Å². The van der Waals surface area contributed by atoms with Crippen LogP contribution in [0.25, 0.3) is 6.08 Å². The lowest BCUT2D eigenvalue weighted by Crippen LogP contribution is -2.04. The van der Waals surface area contributed by atoms with E-state index in [9.17, 15) is 4.79 Å². The molecule has 31 heavy (non-hydrogen) atoms. The van der Waals surface area contributed by atoms with E-state index >= 15 is 0 Å². The highest BCUT2D eigenvalue weighted by molar-refractivity contribution is 6.32. The number of hydrogen-bond acceptors (Lipinski definition) is 6. The van der Waals surface area contributed by atoms with Gasteiger partial charge in [-0.15, -0.1) is 0 Å². The van der Waals surface area contributed by atoms with Crippen molar-refractivity contribution >= 4 is 29.5 Å². The van der Waals surface area contributed by atoms with Crippen molar-refractivity contribution in [1.29, 1.82) is 0 Å². The maximum absolute atomic E-state index is 12.2. The van der Waals surface area contributed by atoms with Crippen LogP contribution in [0.4, 0.5) is 0 Å². The minimum atomic E-state index is -0.569. The highest BCUT2D eigenvalue weighted by Gasteiger charge is 2.26. The van der Waals surface area contributed by atoms with Gasteiger partial charge in [0.2, 0.25) is 0 Å². The number of hydrogen-bond donors (Lipinski definition) is 0. The summed E-state index contributed by atoms with van der Waals surface area (Å²) in [4.78, 5) is 16.4. The first-order chi connectivity index (χ1) is 15.0. The number of rotatable bonds is 7. The van der Waals surface area contributed by atoms with Gasteiger partial charge in [-0.25, -0.2) is 9.79 Å². The average Bonchev–Trinajstić information content (AvgIpc) is 3.39. The molecule has 4 rings (SSSR count). The van der Waals surface area contributed by atoms with Gasteiger partial charge in [0.15, 0.2) is 23.0 Å². The second-order valence-electron chi connectivity index (χ2n) is 6.85. The third-order valence-electron chi connectivity index (χ3n) is 4.49. The first-order valence-electron chi connectivity index (χ1n) is 9.74. The fourth-order valence-electron chi connectivity index (χ4n) is 2.99. The maximum Gasteiger partial charge on any atom is 0.363 e. The predicted octanol–water partition coefficient (Wildman–Crippen LogP) is 5.56. The normalized spacial score (nSPS) is 14.5. The van der Waals surface area contributed by atoms with Gasteiger partial charge in [0.1, 0.15) is 6.61 Å². The van der Waals surface area contributed by atoms with Crippen LogP contribution in [0.2, 0.25) is 5.02 Å².